The number of rotatable bonds is 4. The van der Waals surface area contributed by atoms with Crippen LogP contribution < -0.4 is 0 Å². The monoisotopic (exact) mass is 316 g/mol. The fourth-order valence-electron chi connectivity index (χ4n) is 3.76. The first kappa shape index (κ1) is 17.7. The molecular formula is C20H28O3. The smallest absolute Gasteiger partial charge is 0.328 e. The van der Waals surface area contributed by atoms with Gasteiger partial charge in [-0.1, -0.05) is 32.1 Å². The lowest BCUT2D eigenvalue weighted by atomic mass is 9.67. The molecule has 0 aromatic rings. The summed E-state index contributed by atoms with van der Waals surface area (Å²) in [4.78, 5) is 10.6. The number of carboxylic acids is 1. The van der Waals surface area contributed by atoms with Crippen molar-refractivity contribution in [3.63, 3.8) is 0 Å². The Morgan fingerprint density at radius 1 is 1.30 bits per heavy atom. The van der Waals surface area contributed by atoms with Crippen LogP contribution in [0.1, 0.15) is 53.9 Å². The number of carbonyl (C=O) groups is 1. The third-order valence-electron chi connectivity index (χ3n) is 4.98. The molecule has 2 aliphatic rings. The van der Waals surface area contributed by atoms with Crippen LogP contribution in [-0.4, -0.2) is 22.8 Å². The minimum atomic E-state index is -0.920. The average molecular weight is 316 g/mol. The summed E-state index contributed by atoms with van der Waals surface area (Å²) in [6, 6.07) is 0. The summed E-state index contributed by atoms with van der Waals surface area (Å²) in [7, 11) is 0. The van der Waals surface area contributed by atoms with Gasteiger partial charge < -0.3 is 9.84 Å². The van der Waals surface area contributed by atoms with Gasteiger partial charge >= 0.3 is 5.97 Å². The van der Waals surface area contributed by atoms with E-state index < -0.39 is 5.97 Å². The Labute approximate surface area is 139 Å². The van der Waals surface area contributed by atoms with E-state index in [0.29, 0.717) is 5.57 Å². The van der Waals surface area contributed by atoms with Gasteiger partial charge in [-0.05, 0) is 68.2 Å². The van der Waals surface area contributed by atoms with Crippen LogP contribution in [-0.2, 0) is 9.53 Å². The molecule has 0 bridgehead atoms. The maximum absolute atomic E-state index is 10.6. The van der Waals surface area contributed by atoms with Gasteiger partial charge in [0.25, 0.3) is 0 Å². The predicted octanol–water partition coefficient (Wildman–Crippen LogP) is 4.81. The molecule has 23 heavy (non-hydrogen) atoms. The third kappa shape index (κ3) is 4.03. The number of hydrogen-bond donors (Lipinski definition) is 1. The first-order chi connectivity index (χ1) is 10.6. The molecule has 1 N–H and O–H groups in total. The van der Waals surface area contributed by atoms with Crippen LogP contribution in [0.2, 0.25) is 0 Å². The van der Waals surface area contributed by atoms with Crippen molar-refractivity contribution in [3.05, 3.63) is 47.1 Å². The summed E-state index contributed by atoms with van der Waals surface area (Å²) in [5.41, 5.74) is 3.36. The zero-order valence-electron chi connectivity index (χ0n) is 14.8. The average Bonchev–Trinajstić information content (AvgIpc) is 2.77. The zero-order valence-corrected chi connectivity index (χ0v) is 14.8. The standard InChI is InChI=1S/C20H28O3/c1-14(12-18(21)22)8-6-9-15(2)16-13-17-19(3,4)10-7-11-20(17,5)23-16/h6,8-9,12-13,16H,7,10-11H2,1-5H3,(H,21,22)/b8-6+,14-12+,15-9+/t16-,20-/m0/s1. The Kier molecular flexibility index (Phi) is 5.00. The van der Waals surface area contributed by atoms with Gasteiger partial charge in [0.05, 0.1) is 11.7 Å². The van der Waals surface area contributed by atoms with Crippen LogP contribution in [0.15, 0.2) is 47.1 Å². The van der Waals surface area contributed by atoms with E-state index in [1.165, 1.54) is 24.5 Å². The minimum Gasteiger partial charge on any atom is -0.478 e. The molecule has 3 nitrogen and oxygen atoms in total. The van der Waals surface area contributed by atoms with Crippen molar-refractivity contribution in [2.45, 2.75) is 65.6 Å². The first-order valence-corrected chi connectivity index (χ1v) is 8.31. The summed E-state index contributed by atoms with van der Waals surface area (Å²) in [6.07, 6.45) is 12.7. The van der Waals surface area contributed by atoms with Crippen molar-refractivity contribution in [2.75, 3.05) is 0 Å². The van der Waals surface area contributed by atoms with Gasteiger partial charge in [-0.2, -0.15) is 0 Å². The molecule has 0 saturated heterocycles. The summed E-state index contributed by atoms with van der Waals surface area (Å²) in [5.74, 6) is -0.920. The molecule has 126 valence electrons. The molecule has 0 radical (unpaired) electrons. The molecule has 3 heteroatoms. The molecular weight excluding hydrogens is 288 g/mol. The Balaban J connectivity index is 2.14. The summed E-state index contributed by atoms with van der Waals surface area (Å²) < 4.78 is 6.37. The SMILES string of the molecule is CC(/C=C/C=C(\C)[C@@H]1C=C2C(C)(C)CCC[C@]2(C)O1)=C\C(=O)O. The Morgan fingerprint density at radius 3 is 2.61 bits per heavy atom. The second-order valence-corrected chi connectivity index (χ2v) is 7.58. The molecule has 1 aliphatic heterocycles. The van der Waals surface area contributed by atoms with Gasteiger partial charge in [-0.25, -0.2) is 4.79 Å². The van der Waals surface area contributed by atoms with E-state index >= 15 is 0 Å². The van der Waals surface area contributed by atoms with Crippen molar-refractivity contribution >= 4 is 5.97 Å². The molecule has 0 spiro atoms. The summed E-state index contributed by atoms with van der Waals surface area (Å²) in [6.45, 7) is 10.7. The van der Waals surface area contributed by atoms with Crippen molar-refractivity contribution in [2.24, 2.45) is 5.41 Å². The number of aliphatic carboxylic acids is 1. The number of fused-ring (bicyclic) bond motifs is 1. The van der Waals surface area contributed by atoms with Gasteiger partial charge in [0.2, 0.25) is 0 Å². The van der Waals surface area contributed by atoms with E-state index in [0.717, 1.165) is 12.0 Å². The lowest BCUT2D eigenvalue weighted by Crippen LogP contribution is -2.39. The van der Waals surface area contributed by atoms with Crippen molar-refractivity contribution in [1.82, 2.24) is 0 Å². The van der Waals surface area contributed by atoms with Gasteiger partial charge in [-0.15, -0.1) is 0 Å². The van der Waals surface area contributed by atoms with Gasteiger partial charge in [-0.3, -0.25) is 0 Å². The van der Waals surface area contributed by atoms with Crippen LogP contribution in [0.25, 0.3) is 0 Å². The lowest BCUT2D eigenvalue weighted by molar-refractivity contribution is -0.131. The Morgan fingerprint density at radius 2 is 2.00 bits per heavy atom. The van der Waals surface area contributed by atoms with Gasteiger partial charge in [0.1, 0.15) is 0 Å². The second-order valence-electron chi connectivity index (χ2n) is 7.58. The van der Waals surface area contributed by atoms with E-state index in [9.17, 15) is 4.79 Å². The highest BCUT2D eigenvalue weighted by molar-refractivity contribution is 5.81. The highest BCUT2D eigenvalue weighted by Gasteiger charge is 2.47. The van der Waals surface area contributed by atoms with Crippen LogP contribution >= 0.6 is 0 Å². The van der Waals surface area contributed by atoms with Crippen LogP contribution in [0.5, 0.6) is 0 Å². The maximum atomic E-state index is 10.6. The number of allylic oxidation sites excluding steroid dienone is 4. The molecule has 1 saturated carbocycles. The molecule has 1 aliphatic carbocycles. The van der Waals surface area contributed by atoms with Crippen molar-refractivity contribution in [1.29, 1.82) is 0 Å². The van der Waals surface area contributed by atoms with E-state index in [-0.39, 0.29) is 17.1 Å². The molecule has 0 aromatic heterocycles. The second kappa shape index (κ2) is 6.48. The van der Waals surface area contributed by atoms with Crippen LogP contribution in [0.3, 0.4) is 0 Å². The summed E-state index contributed by atoms with van der Waals surface area (Å²) >= 11 is 0. The number of ether oxygens (including phenoxy) is 1. The van der Waals surface area contributed by atoms with E-state index in [1.807, 2.05) is 12.2 Å². The zero-order chi connectivity index (χ0) is 17.3. The molecule has 0 unspecified atom stereocenters. The van der Waals surface area contributed by atoms with Gasteiger partial charge in [0.15, 0.2) is 0 Å². The molecule has 0 amide bonds. The lowest BCUT2D eigenvalue weighted by Gasteiger charge is -2.42. The third-order valence-corrected chi connectivity index (χ3v) is 4.98. The Hall–Kier alpha value is -1.61. The van der Waals surface area contributed by atoms with Crippen LogP contribution in [0.4, 0.5) is 0 Å². The quantitative estimate of drug-likeness (QED) is 0.460. The fraction of sp³-hybridized carbons (Fsp3) is 0.550. The topological polar surface area (TPSA) is 46.5 Å². The highest BCUT2D eigenvalue weighted by atomic mass is 16.5. The first-order valence-electron chi connectivity index (χ1n) is 8.31. The fourth-order valence-corrected chi connectivity index (χ4v) is 3.76. The normalized spacial score (nSPS) is 31.2. The van der Waals surface area contributed by atoms with Crippen molar-refractivity contribution < 1.29 is 14.6 Å². The molecule has 0 aromatic carbocycles. The minimum absolute atomic E-state index is 0.0146. The van der Waals surface area contributed by atoms with Gasteiger partial charge in [0, 0.05) is 6.08 Å². The van der Waals surface area contributed by atoms with E-state index in [1.54, 1.807) is 13.0 Å². The highest BCUT2D eigenvalue weighted by Crippen LogP contribution is 2.51. The maximum Gasteiger partial charge on any atom is 0.328 e. The van der Waals surface area contributed by atoms with E-state index in [4.69, 9.17) is 9.84 Å². The van der Waals surface area contributed by atoms with E-state index in [2.05, 4.69) is 33.8 Å². The number of carboxylic acid groups (broad SMARTS) is 1. The van der Waals surface area contributed by atoms with Crippen molar-refractivity contribution in [3.8, 4) is 0 Å². The summed E-state index contributed by atoms with van der Waals surface area (Å²) in [5, 5.41) is 8.71. The van der Waals surface area contributed by atoms with Crippen LogP contribution in [0, 0.1) is 5.41 Å². The molecule has 2 atom stereocenters. The number of hydrogen-bond acceptors (Lipinski definition) is 2. The molecule has 1 fully saturated rings. The Bertz CT molecular complexity index is 604. The largest absolute Gasteiger partial charge is 0.478 e. The molecule has 2 rings (SSSR count). The predicted molar refractivity (Wildman–Crippen MR) is 93.3 cm³/mol. The molecule has 1 heterocycles.